The van der Waals surface area contributed by atoms with Crippen LogP contribution in [0, 0.1) is 0 Å². The quantitative estimate of drug-likeness (QED) is 0.648. The number of nitrogens with zero attached hydrogens (tertiary/aromatic N) is 2. The predicted molar refractivity (Wildman–Crippen MR) is 114 cm³/mol. The van der Waals surface area contributed by atoms with Gasteiger partial charge in [-0.15, -0.1) is 0 Å². The first-order valence-corrected chi connectivity index (χ1v) is 10.3. The highest BCUT2D eigenvalue weighted by Gasteiger charge is 2.19. The SMILES string of the molecule is c1cc(N2CCOCC2)ccc1Nc1ccc2c(C3CCNCC3)c[nH]c2n1. The van der Waals surface area contributed by atoms with Crippen molar-refractivity contribution >= 4 is 28.2 Å². The zero-order chi connectivity index (χ0) is 18.8. The summed E-state index contributed by atoms with van der Waals surface area (Å²) in [7, 11) is 0. The van der Waals surface area contributed by atoms with E-state index in [0.717, 1.165) is 56.5 Å². The van der Waals surface area contributed by atoms with Crippen molar-refractivity contribution < 1.29 is 4.74 Å². The standard InChI is InChI=1S/C22H27N5O/c1-3-18(27-11-13-28-14-12-27)4-2-17(1)25-21-6-5-19-20(15-24-22(19)26-21)16-7-9-23-10-8-16/h1-6,15-16,23H,7-14H2,(H2,24,25,26). The molecule has 0 saturated carbocycles. The smallest absolute Gasteiger partial charge is 0.140 e. The summed E-state index contributed by atoms with van der Waals surface area (Å²) in [5, 5.41) is 8.12. The van der Waals surface area contributed by atoms with Crippen LogP contribution in [0.2, 0.25) is 0 Å². The molecule has 6 nitrogen and oxygen atoms in total. The van der Waals surface area contributed by atoms with Crippen molar-refractivity contribution in [2.24, 2.45) is 0 Å². The van der Waals surface area contributed by atoms with Crippen molar-refractivity contribution in [3.05, 3.63) is 48.2 Å². The minimum atomic E-state index is 0.628. The molecule has 4 heterocycles. The molecule has 0 spiro atoms. The van der Waals surface area contributed by atoms with E-state index in [1.54, 1.807) is 0 Å². The van der Waals surface area contributed by atoms with E-state index in [9.17, 15) is 0 Å². The van der Waals surface area contributed by atoms with Crippen molar-refractivity contribution in [1.82, 2.24) is 15.3 Å². The van der Waals surface area contributed by atoms with Gasteiger partial charge in [0.2, 0.25) is 0 Å². The Morgan fingerprint density at radius 3 is 2.57 bits per heavy atom. The van der Waals surface area contributed by atoms with Crippen molar-refractivity contribution in [3.63, 3.8) is 0 Å². The second-order valence-electron chi connectivity index (χ2n) is 7.63. The lowest BCUT2D eigenvalue weighted by Crippen LogP contribution is -2.36. The van der Waals surface area contributed by atoms with Crippen LogP contribution in [-0.4, -0.2) is 49.4 Å². The van der Waals surface area contributed by atoms with E-state index < -0.39 is 0 Å². The number of H-pyrrole nitrogens is 1. The Morgan fingerprint density at radius 2 is 1.79 bits per heavy atom. The molecule has 1 aromatic carbocycles. The zero-order valence-electron chi connectivity index (χ0n) is 16.1. The van der Waals surface area contributed by atoms with Gasteiger partial charge in [0.25, 0.3) is 0 Å². The molecular formula is C22H27N5O. The van der Waals surface area contributed by atoms with E-state index in [0.29, 0.717) is 5.92 Å². The maximum Gasteiger partial charge on any atom is 0.140 e. The number of morpholine rings is 1. The van der Waals surface area contributed by atoms with Gasteiger partial charge < -0.3 is 25.3 Å². The Bertz CT molecular complexity index is 924. The molecule has 0 radical (unpaired) electrons. The highest BCUT2D eigenvalue weighted by Crippen LogP contribution is 2.31. The number of nitrogens with one attached hydrogen (secondary N) is 3. The van der Waals surface area contributed by atoms with E-state index in [2.05, 4.69) is 63.1 Å². The Morgan fingerprint density at radius 1 is 1.00 bits per heavy atom. The molecule has 2 aliphatic heterocycles. The molecule has 2 saturated heterocycles. The number of aromatic amines is 1. The molecule has 0 unspecified atom stereocenters. The highest BCUT2D eigenvalue weighted by molar-refractivity contribution is 5.82. The van der Waals surface area contributed by atoms with Crippen LogP contribution in [0.5, 0.6) is 0 Å². The number of hydrogen-bond donors (Lipinski definition) is 3. The lowest BCUT2D eigenvalue weighted by Gasteiger charge is -2.28. The predicted octanol–water partition coefficient (Wildman–Crippen LogP) is 3.61. The third-order valence-electron chi connectivity index (χ3n) is 5.87. The average molecular weight is 377 g/mol. The molecule has 3 aromatic rings. The first-order chi connectivity index (χ1) is 13.9. The van der Waals surface area contributed by atoms with Gasteiger partial charge in [0, 0.05) is 36.0 Å². The van der Waals surface area contributed by atoms with Crippen LogP contribution < -0.4 is 15.5 Å². The van der Waals surface area contributed by atoms with Gasteiger partial charge in [-0.25, -0.2) is 4.98 Å². The summed E-state index contributed by atoms with van der Waals surface area (Å²) in [6, 6.07) is 12.8. The number of benzene rings is 1. The summed E-state index contributed by atoms with van der Waals surface area (Å²) in [5.74, 6) is 1.49. The lowest BCUT2D eigenvalue weighted by molar-refractivity contribution is 0.122. The Balaban J connectivity index is 1.31. The van der Waals surface area contributed by atoms with E-state index in [1.807, 2.05) is 0 Å². The number of aromatic nitrogens is 2. The van der Waals surface area contributed by atoms with Crippen LogP contribution in [0.15, 0.2) is 42.6 Å². The maximum atomic E-state index is 5.43. The fraction of sp³-hybridized carbons (Fsp3) is 0.409. The van der Waals surface area contributed by atoms with E-state index in [4.69, 9.17) is 9.72 Å². The first-order valence-electron chi connectivity index (χ1n) is 10.3. The summed E-state index contributed by atoms with van der Waals surface area (Å²) in [4.78, 5) is 10.5. The number of hydrogen-bond acceptors (Lipinski definition) is 5. The van der Waals surface area contributed by atoms with E-state index in [-0.39, 0.29) is 0 Å². The zero-order valence-corrected chi connectivity index (χ0v) is 16.1. The van der Waals surface area contributed by atoms with Gasteiger partial charge >= 0.3 is 0 Å². The van der Waals surface area contributed by atoms with Crippen LogP contribution in [0.1, 0.15) is 24.3 Å². The number of rotatable bonds is 4. The molecule has 2 fully saturated rings. The Kier molecular flexibility index (Phi) is 4.89. The van der Waals surface area contributed by atoms with E-state index in [1.165, 1.54) is 29.5 Å². The molecule has 3 N–H and O–H groups in total. The molecule has 6 heteroatoms. The topological polar surface area (TPSA) is 65.2 Å². The first kappa shape index (κ1) is 17.5. The van der Waals surface area contributed by atoms with Gasteiger partial charge in [-0.2, -0.15) is 0 Å². The number of ether oxygens (including phenoxy) is 1. The molecule has 28 heavy (non-hydrogen) atoms. The molecule has 2 aliphatic rings. The van der Waals surface area contributed by atoms with Crippen molar-refractivity contribution in [3.8, 4) is 0 Å². The molecule has 146 valence electrons. The molecule has 0 bridgehead atoms. The van der Waals surface area contributed by atoms with Crippen LogP contribution in [-0.2, 0) is 4.74 Å². The van der Waals surface area contributed by atoms with Crippen molar-refractivity contribution in [1.29, 1.82) is 0 Å². The Labute approximate surface area is 165 Å². The van der Waals surface area contributed by atoms with Crippen LogP contribution in [0.4, 0.5) is 17.2 Å². The number of fused-ring (bicyclic) bond motifs is 1. The van der Waals surface area contributed by atoms with Gasteiger partial charge in [0.05, 0.1) is 13.2 Å². The summed E-state index contributed by atoms with van der Waals surface area (Å²) >= 11 is 0. The number of pyridine rings is 1. The van der Waals surface area contributed by atoms with Gasteiger partial charge in [-0.3, -0.25) is 0 Å². The van der Waals surface area contributed by atoms with Crippen LogP contribution >= 0.6 is 0 Å². The molecule has 2 aromatic heterocycles. The van der Waals surface area contributed by atoms with Gasteiger partial charge in [-0.1, -0.05) is 0 Å². The van der Waals surface area contributed by atoms with Crippen LogP contribution in [0.3, 0.4) is 0 Å². The molecule has 0 atom stereocenters. The largest absolute Gasteiger partial charge is 0.378 e. The summed E-state index contributed by atoms with van der Waals surface area (Å²) < 4.78 is 5.43. The monoisotopic (exact) mass is 377 g/mol. The molecular weight excluding hydrogens is 350 g/mol. The van der Waals surface area contributed by atoms with Crippen molar-refractivity contribution in [2.75, 3.05) is 49.6 Å². The van der Waals surface area contributed by atoms with Crippen molar-refractivity contribution in [2.45, 2.75) is 18.8 Å². The normalized spacial score (nSPS) is 18.5. The van der Waals surface area contributed by atoms with E-state index >= 15 is 0 Å². The summed E-state index contributed by atoms with van der Waals surface area (Å²) in [6.45, 7) is 5.73. The molecule has 0 amide bonds. The minimum Gasteiger partial charge on any atom is -0.378 e. The third-order valence-corrected chi connectivity index (χ3v) is 5.87. The Hall–Kier alpha value is -2.57. The van der Waals surface area contributed by atoms with Gasteiger partial charge in [0.1, 0.15) is 11.5 Å². The van der Waals surface area contributed by atoms with Gasteiger partial charge in [-0.05, 0) is 73.8 Å². The fourth-order valence-electron chi connectivity index (χ4n) is 4.29. The second-order valence-corrected chi connectivity index (χ2v) is 7.63. The molecule has 5 rings (SSSR count). The minimum absolute atomic E-state index is 0.628. The molecule has 0 aliphatic carbocycles. The third kappa shape index (κ3) is 3.57. The summed E-state index contributed by atoms with van der Waals surface area (Å²) in [5.41, 5.74) is 4.66. The highest BCUT2D eigenvalue weighted by atomic mass is 16.5. The van der Waals surface area contributed by atoms with Crippen LogP contribution in [0.25, 0.3) is 11.0 Å². The summed E-state index contributed by atoms with van der Waals surface area (Å²) in [6.07, 6.45) is 4.54. The average Bonchev–Trinajstić information content (AvgIpc) is 3.19. The van der Waals surface area contributed by atoms with Gasteiger partial charge in [0.15, 0.2) is 0 Å². The number of anilines is 3. The maximum absolute atomic E-state index is 5.43. The fourth-order valence-corrected chi connectivity index (χ4v) is 4.29. The number of piperidine rings is 1. The lowest BCUT2D eigenvalue weighted by atomic mass is 9.90. The second kappa shape index (κ2) is 7.81.